The van der Waals surface area contributed by atoms with E-state index in [0.717, 1.165) is 64.3 Å². The predicted molar refractivity (Wildman–Crippen MR) is 507 cm³/mol. The minimum absolute atomic E-state index is 0.00880. The summed E-state index contributed by atoms with van der Waals surface area (Å²) in [4.78, 5) is 348. The summed E-state index contributed by atoms with van der Waals surface area (Å²) in [5, 5.41) is 26.6. The van der Waals surface area contributed by atoms with Crippen LogP contribution in [-0.2, 0) is 131 Å². The minimum Gasteiger partial charge on any atom is -0.458 e. The highest BCUT2D eigenvalue weighted by molar-refractivity contribution is 6.05. The monoisotopic (exact) mass is 1990 g/mol. The number of rotatable bonds is 39. The van der Waals surface area contributed by atoms with Gasteiger partial charge in [0.1, 0.15) is 103 Å². The van der Waals surface area contributed by atoms with Gasteiger partial charge in [-0.15, -0.1) is 0 Å². The number of hydrogen-bond acceptors (Lipinski definition) is 26. The van der Waals surface area contributed by atoms with Gasteiger partial charge in [-0.2, -0.15) is 0 Å². The fourth-order valence-corrected chi connectivity index (χ4v) is 16.3. The zero-order chi connectivity index (χ0) is 108. The van der Waals surface area contributed by atoms with Crippen LogP contribution >= 0.6 is 0 Å². The maximum absolute atomic E-state index is 15.5. The molecule has 49 nitrogen and oxygen atoms in total. The molecular weight excluding hydrogens is 1840 g/mol. The number of cyclic esters (lactones) is 1. The number of benzene rings is 1. The zero-order valence-corrected chi connectivity index (χ0v) is 85.0. The first-order valence-corrected chi connectivity index (χ1v) is 46.6. The van der Waals surface area contributed by atoms with Crippen molar-refractivity contribution in [3.05, 3.63) is 47.2 Å². The van der Waals surface area contributed by atoms with Crippen molar-refractivity contribution in [3.8, 4) is 0 Å². The smallest absolute Gasteiger partial charge is 0.329 e. The number of nitrogens with two attached hydrogens (primary N) is 5. The van der Waals surface area contributed by atoms with Crippen LogP contribution in [0.3, 0.4) is 0 Å². The number of hydrogen-bond donors (Lipinski definition) is 16. The Morgan fingerprint density at radius 1 is 0.504 bits per heavy atom. The molecule has 0 aromatic heterocycles. The zero-order valence-electron chi connectivity index (χ0n) is 85.0. The van der Waals surface area contributed by atoms with Crippen LogP contribution in [0.15, 0.2) is 41.6 Å². The third-order valence-corrected chi connectivity index (χ3v) is 24.8. The van der Waals surface area contributed by atoms with Crippen LogP contribution in [0.2, 0.25) is 0 Å². The van der Waals surface area contributed by atoms with Gasteiger partial charge < -0.3 is 131 Å². The first-order chi connectivity index (χ1) is 65.5. The van der Waals surface area contributed by atoms with Crippen molar-refractivity contribution in [2.24, 2.45) is 64.2 Å². The molecule has 20 atom stereocenters. The number of likely N-dealkylation sites (N-methyl/N-ethyl adjacent to an activating group) is 7. The van der Waals surface area contributed by atoms with E-state index >= 15 is 38.4 Å². The average molecular weight is 1990 g/mol. The third kappa shape index (κ3) is 35.2. The number of nitrogens with zero attached hydrogens (tertiary/aromatic N) is 7. The van der Waals surface area contributed by atoms with Gasteiger partial charge in [0.25, 0.3) is 0 Å². The number of amides is 23. The molecule has 786 valence electrons. The van der Waals surface area contributed by atoms with Crippen molar-refractivity contribution in [1.82, 2.24) is 92.8 Å². The lowest BCUT2D eigenvalue weighted by atomic mass is 9.92. The van der Waals surface area contributed by atoms with Crippen molar-refractivity contribution in [1.29, 1.82) is 0 Å². The fraction of sp³-hybridized carbons (Fsp3) is 0.652. The molecule has 4 unspecified atom stereocenters. The molecule has 0 bridgehead atoms. The van der Waals surface area contributed by atoms with Crippen LogP contribution in [0.4, 0.5) is 0 Å². The largest absolute Gasteiger partial charge is 0.458 e. The van der Waals surface area contributed by atoms with E-state index in [2.05, 4.69) is 58.5 Å². The van der Waals surface area contributed by atoms with E-state index in [1.165, 1.54) is 56.2 Å². The molecule has 2 heterocycles. The van der Waals surface area contributed by atoms with Gasteiger partial charge in [-0.1, -0.05) is 133 Å². The molecule has 0 aliphatic carbocycles. The lowest BCUT2D eigenvalue weighted by molar-refractivity contribution is -0.163. The highest BCUT2D eigenvalue weighted by Crippen LogP contribution is 2.28. The molecule has 49 heteroatoms. The highest BCUT2D eigenvalue weighted by Gasteiger charge is 2.49. The van der Waals surface area contributed by atoms with E-state index in [0.29, 0.717) is 10.5 Å². The Labute approximate surface area is 820 Å². The summed E-state index contributed by atoms with van der Waals surface area (Å²) in [6.45, 7) is 22.4. The SMILES string of the molecule is CC[C@@H](C)[C@H]1NC(=O)[C@H](C)NC(=O)C(CC(N)=O)NC(=O)CN(C)C(=O)C(CC(N)=O)NC(=O)C(NC(=O)[C@H](CC(N)=O)NC(=O)[C@H](CC(C)C)N(C)C(=O)[C@H](C(C)C)N(C)C(=O)[C@H]([C@@H](C)CC)N(C)C(=O)[C@H](CC(N)=O)N(C)C(=O)[C@H](C(C)C)N(C)C(=O)[C@@H](Cc2ccccc2)NC(=O)COC)C(C)OC(=O)[C@@H]([C@@H](C)CC)N(C)C(=O)[C@@H](C)NC(=O)[C@H](CC(N)=O)NC(=O)/C(C)=C2\NC(=O)C[C@@H]2NC1=O. The van der Waals surface area contributed by atoms with Crippen LogP contribution < -0.4 is 87.2 Å². The van der Waals surface area contributed by atoms with Gasteiger partial charge >= 0.3 is 5.97 Å². The first kappa shape index (κ1) is 121. The molecule has 1 saturated heterocycles. The summed E-state index contributed by atoms with van der Waals surface area (Å²) in [6.07, 6.45) is -7.20. The number of fused-ring (bicyclic) bond motifs is 1. The molecule has 1 aromatic carbocycles. The average Bonchev–Trinajstić information content (AvgIpc) is 1.63. The van der Waals surface area contributed by atoms with Crippen LogP contribution in [-0.4, -0.2) is 349 Å². The second kappa shape index (κ2) is 55.9. The molecule has 0 spiro atoms. The summed E-state index contributed by atoms with van der Waals surface area (Å²) in [7, 11) is 9.63. The van der Waals surface area contributed by atoms with Crippen molar-refractivity contribution in [2.75, 3.05) is 69.6 Å². The topological polar surface area (TPSA) is 713 Å². The number of esters is 1. The standard InChI is InChI=1S/C92H147N23O26/c1-25-46(10)70-83(130)102-54-39-67(121)106-71(54)49(13)77(124)103-56(36-63(94)117)80(127)99-51(15)85(132)115(23)76(48(12)27-3)92(139)141-52(16)72(84(131)105-59(38-65(96)119)86(133)109(17)41-68(122)100-55(35-62(93)116)79(126)98-50(14)78(125)107-70)108-81(128)57(37-64(95)118)104-82(129)60(33-43(4)5)110(18)89(136)74(45(8)9)113(21)91(138)75(47(11)26-2)114(22)88(135)61(40-66(97)120)111(19)90(137)73(44(6)7)112(20)87(134)58(101-69(123)42-140-24)34-53-31-29-28-30-32-53/h28-32,43-48,50-52,54-61,70,72-76H,25-27,33-42H2,1-24H3,(H2,93,116)(H2,94,117)(H2,95,118)(H2,96,119)(H2,97,120)(H,98,126)(H,99,127)(H,100,122)(H,101,123)(H,102,130)(H,103,124)(H,104,129)(H,105,131)(H,106,121)(H,107,125)(H,108,128)/b71-49-/t46-,47+,48+,50+,51-,52?,54+,55?,56+,57+,58-,59?,60+,61+,70-,72?,73+,74+,75+,76-/m1/s1. The van der Waals surface area contributed by atoms with Crippen molar-refractivity contribution in [2.45, 2.75) is 284 Å². The molecule has 21 N–H and O–H groups in total. The lowest BCUT2D eigenvalue weighted by Gasteiger charge is -2.42. The lowest BCUT2D eigenvalue weighted by Crippen LogP contribution is -2.63. The van der Waals surface area contributed by atoms with Crippen molar-refractivity contribution < 1.29 is 125 Å². The molecule has 2 aliphatic heterocycles. The third-order valence-electron chi connectivity index (χ3n) is 24.8. The van der Waals surface area contributed by atoms with Crippen LogP contribution in [0.1, 0.15) is 181 Å². The highest BCUT2D eigenvalue weighted by atomic mass is 16.5. The Bertz CT molecular complexity index is 4780. The van der Waals surface area contributed by atoms with Gasteiger partial charge in [0.05, 0.1) is 51.1 Å². The first-order valence-electron chi connectivity index (χ1n) is 46.6. The molecule has 1 aromatic rings. The van der Waals surface area contributed by atoms with E-state index in [1.54, 1.807) is 106 Å². The molecular formula is C92H147N23O26. The summed E-state index contributed by atoms with van der Waals surface area (Å²) in [6, 6.07) is -18.5. The molecule has 1 fully saturated rings. The second-order valence-corrected chi connectivity index (χ2v) is 37.3. The van der Waals surface area contributed by atoms with E-state index in [-0.39, 0.29) is 43.4 Å². The minimum atomic E-state index is -2.38. The van der Waals surface area contributed by atoms with Crippen molar-refractivity contribution in [3.63, 3.8) is 0 Å². The summed E-state index contributed by atoms with van der Waals surface area (Å²) in [5.74, 6) is -30.7. The van der Waals surface area contributed by atoms with Gasteiger partial charge in [0.2, 0.25) is 136 Å². The van der Waals surface area contributed by atoms with Gasteiger partial charge in [-0.25, -0.2) is 4.79 Å². The number of carbonyl (C=O) groups excluding carboxylic acids is 24. The Balaban J connectivity index is 2.30. The summed E-state index contributed by atoms with van der Waals surface area (Å²) in [5.41, 5.74) is 28.5. The number of carbonyl (C=O) groups is 24. The number of methoxy groups -OCH3 is 1. The van der Waals surface area contributed by atoms with Crippen LogP contribution in [0.25, 0.3) is 0 Å². The molecule has 2 aliphatic rings. The molecule has 23 amide bonds. The quantitative estimate of drug-likeness (QED) is 0.0273. The molecule has 3 rings (SSSR count). The Morgan fingerprint density at radius 3 is 1.50 bits per heavy atom. The van der Waals surface area contributed by atoms with E-state index in [1.807, 2.05) is 0 Å². The van der Waals surface area contributed by atoms with E-state index in [9.17, 15) is 76.7 Å². The number of ether oxygens (including phenoxy) is 2. The predicted octanol–water partition coefficient (Wildman–Crippen LogP) is -6.20. The number of nitrogens with one attached hydrogen (secondary N) is 11. The maximum Gasteiger partial charge on any atom is 0.329 e. The molecule has 0 saturated carbocycles. The second-order valence-electron chi connectivity index (χ2n) is 37.3. The fourth-order valence-electron chi connectivity index (χ4n) is 16.3. The van der Waals surface area contributed by atoms with Gasteiger partial charge in [-0.05, 0) is 75.2 Å². The van der Waals surface area contributed by atoms with Crippen LogP contribution in [0, 0.1) is 35.5 Å². The molecule has 0 radical (unpaired) electrons. The normalized spacial score (nSPS) is 22.6. The van der Waals surface area contributed by atoms with Crippen molar-refractivity contribution >= 4 is 142 Å². The Morgan fingerprint density at radius 2 is 1.00 bits per heavy atom. The maximum atomic E-state index is 15.5. The summed E-state index contributed by atoms with van der Waals surface area (Å²) < 4.78 is 11.0. The Kier molecular flexibility index (Phi) is 48.1. The Hall–Kier alpha value is -13.8. The van der Waals surface area contributed by atoms with Crippen LogP contribution in [0.5, 0.6) is 0 Å². The number of primary amides is 5. The molecule has 141 heavy (non-hydrogen) atoms. The van der Waals surface area contributed by atoms with E-state index < -0.39 is 332 Å². The van der Waals surface area contributed by atoms with Gasteiger partial charge in [0.15, 0.2) is 0 Å². The summed E-state index contributed by atoms with van der Waals surface area (Å²) >= 11 is 0. The van der Waals surface area contributed by atoms with Gasteiger partial charge in [0, 0.05) is 74.1 Å². The van der Waals surface area contributed by atoms with Gasteiger partial charge in [-0.3, -0.25) is 110 Å². The van der Waals surface area contributed by atoms with E-state index in [4.69, 9.17) is 38.1 Å².